The maximum Gasteiger partial charge on any atom is 0.267 e. The minimum Gasteiger partial charge on any atom is -0.296 e. The molecule has 0 bridgehead atoms. The highest BCUT2D eigenvalue weighted by Gasteiger charge is 2.09. The normalized spacial score (nSPS) is 10.1. The summed E-state index contributed by atoms with van der Waals surface area (Å²) in [7, 11) is 0. The maximum absolute atomic E-state index is 11.5. The summed E-state index contributed by atoms with van der Waals surface area (Å²) in [6.07, 6.45) is 0. The van der Waals surface area contributed by atoms with Crippen LogP contribution in [0.3, 0.4) is 0 Å². The Balaban J connectivity index is 2.10. The Bertz CT molecular complexity index is 439. The van der Waals surface area contributed by atoms with Crippen LogP contribution in [0, 0.1) is 0 Å². The summed E-state index contributed by atoms with van der Waals surface area (Å²) in [6.45, 7) is 0. The van der Waals surface area contributed by atoms with Crippen molar-refractivity contribution in [2.75, 3.05) is 5.32 Å². The van der Waals surface area contributed by atoms with Crippen molar-refractivity contribution in [3.8, 4) is 0 Å². The number of thiophene rings is 1. The van der Waals surface area contributed by atoms with Crippen molar-refractivity contribution in [2.45, 2.75) is 0 Å². The Morgan fingerprint density at radius 1 is 1.50 bits per heavy atom. The third-order valence-corrected chi connectivity index (χ3v) is 3.21. The van der Waals surface area contributed by atoms with Gasteiger partial charge in [0.2, 0.25) is 5.13 Å². The fourth-order valence-corrected chi connectivity index (χ4v) is 2.20. The van der Waals surface area contributed by atoms with Crippen LogP contribution in [0.4, 0.5) is 5.13 Å². The lowest BCUT2D eigenvalue weighted by Crippen LogP contribution is -2.09. The number of nitrogens with one attached hydrogen (secondary N) is 1. The first-order valence-electron chi connectivity index (χ1n) is 3.58. The summed E-state index contributed by atoms with van der Waals surface area (Å²) < 4.78 is 0.590. The number of nitrogens with zero attached hydrogens (tertiary/aromatic N) is 2. The number of hydrogen-bond acceptors (Lipinski definition) is 5. The van der Waals surface area contributed by atoms with Crippen LogP contribution in [0.15, 0.2) is 17.6 Å². The molecule has 0 atom stereocenters. The lowest BCUT2D eigenvalue weighted by Gasteiger charge is -1.95. The number of halogens is 1. The third-order valence-electron chi connectivity index (χ3n) is 1.38. The SMILES string of the molecule is O=C(Nc1nncs1)c1ccc(Cl)s1. The molecule has 0 aliphatic carbocycles. The molecule has 2 aromatic heterocycles. The summed E-state index contributed by atoms with van der Waals surface area (Å²) in [5.41, 5.74) is 1.55. The standard InChI is InChI=1S/C7H4ClN3OS2/c8-5-2-1-4(14-5)6(12)10-7-11-9-3-13-7/h1-3H,(H,10,11,12). The first-order chi connectivity index (χ1) is 6.75. The second-order valence-corrected chi connectivity index (χ2v) is 4.85. The van der Waals surface area contributed by atoms with E-state index in [4.69, 9.17) is 11.6 Å². The number of hydrogen-bond donors (Lipinski definition) is 1. The van der Waals surface area contributed by atoms with Gasteiger partial charge in [-0.3, -0.25) is 10.1 Å². The van der Waals surface area contributed by atoms with Gasteiger partial charge in [-0.05, 0) is 12.1 Å². The Morgan fingerprint density at radius 3 is 2.93 bits per heavy atom. The minimum atomic E-state index is -0.210. The Hall–Kier alpha value is -0.980. The van der Waals surface area contributed by atoms with Crippen LogP contribution in [0.2, 0.25) is 4.34 Å². The van der Waals surface area contributed by atoms with E-state index in [1.165, 1.54) is 22.7 Å². The maximum atomic E-state index is 11.5. The molecule has 2 heterocycles. The quantitative estimate of drug-likeness (QED) is 0.885. The van der Waals surface area contributed by atoms with Gasteiger partial charge in [-0.25, -0.2) is 0 Å². The molecule has 1 N–H and O–H groups in total. The highest BCUT2D eigenvalue weighted by Crippen LogP contribution is 2.22. The van der Waals surface area contributed by atoms with Gasteiger partial charge in [0, 0.05) is 0 Å². The van der Waals surface area contributed by atoms with E-state index in [1.54, 1.807) is 17.6 Å². The molecule has 4 nitrogen and oxygen atoms in total. The summed E-state index contributed by atoms with van der Waals surface area (Å²) in [5, 5.41) is 10.4. The largest absolute Gasteiger partial charge is 0.296 e. The monoisotopic (exact) mass is 245 g/mol. The highest BCUT2D eigenvalue weighted by atomic mass is 35.5. The van der Waals surface area contributed by atoms with Gasteiger partial charge in [0.25, 0.3) is 5.91 Å². The number of anilines is 1. The zero-order valence-corrected chi connectivity index (χ0v) is 9.12. The van der Waals surface area contributed by atoms with Crippen LogP contribution in [-0.2, 0) is 0 Å². The van der Waals surface area contributed by atoms with E-state index in [1.807, 2.05) is 0 Å². The van der Waals surface area contributed by atoms with Crippen LogP contribution < -0.4 is 5.32 Å². The Morgan fingerprint density at radius 2 is 2.36 bits per heavy atom. The zero-order valence-electron chi connectivity index (χ0n) is 6.73. The van der Waals surface area contributed by atoms with Crippen LogP contribution in [0.25, 0.3) is 0 Å². The molecule has 0 fully saturated rings. The van der Waals surface area contributed by atoms with Crippen molar-refractivity contribution in [3.63, 3.8) is 0 Å². The lowest BCUT2D eigenvalue weighted by molar-refractivity contribution is 0.103. The van der Waals surface area contributed by atoms with E-state index in [-0.39, 0.29) is 5.91 Å². The van der Waals surface area contributed by atoms with E-state index in [0.29, 0.717) is 14.3 Å². The Kier molecular flexibility index (Phi) is 2.76. The van der Waals surface area contributed by atoms with Crippen molar-refractivity contribution in [1.82, 2.24) is 10.2 Å². The second kappa shape index (κ2) is 4.04. The molecule has 0 unspecified atom stereocenters. The van der Waals surface area contributed by atoms with Gasteiger partial charge < -0.3 is 0 Å². The molecule has 0 aliphatic rings. The molecule has 2 rings (SSSR count). The molecule has 0 spiro atoms. The van der Waals surface area contributed by atoms with Gasteiger partial charge in [0.05, 0.1) is 9.21 Å². The smallest absolute Gasteiger partial charge is 0.267 e. The molecule has 72 valence electrons. The van der Waals surface area contributed by atoms with Crippen LogP contribution >= 0.6 is 34.3 Å². The molecule has 0 aliphatic heterocycles. The van der Waals surface area contributed by atoms with E-state index < -0.39 is 0 Å². The van der Waals surface area contributed by atoms with Gasteiger partial charge in [0.1, 0.15) is 5.51 Å². The number of aromatic nitrogens is 2. The molecular weight excluding hydrogens is 242 g/mol. The average Bonchev–Trinajstić information content (AvgIpc) is 2.75. The van der Waals surface area contributed by atoms with Crippen molar-refractivity contribution in [3.05, 3.63) is 26.9 Å². The van der Waals surface area contributed by atoms with Gasteiger partial charge in [-0.1, -0.05) is 22.9 Å². The van der Waals surface area contributed by atoms with Crippen LogP contribution in [-0.4, -0.2) is 16.1 Å². The minimum absolute atomic E-state index is 0.210. The molecular formula is C7H4ClN3OS2. The summed E-state index contributed by atoms with van der Waals surface area (Å²) in [5.74, 6) is -0.210. The third kappa shape index (κ3) is 2.09. The summed E-state index contributed by atoms with van der Waals surface area (Å²) in [6, 6.07) is 3.35. The van der Waals surface area contributed by atoms with E-state index in [2.05, 4.69) is 15.5 Å². The van der Waals surface area contributed by atoms with Crippen molar-refractivity contribution in [1.29, 1.82) is 0 Å². The number of rotatable bonds is 2. The summed E-state index contributed by atoms with van der Waals surface area (Å²) in [4.78, 5) is 12.1. The van der Waals surface area contributed by atoms with Crippen LogP contribution in [0.1, 0.15) is 9.67 Å². The number of carbonyl (C=O) groups is 1. The first kappa shape index (κ1) is 9.57. The molecule has 7 heteroatoms. The van der Waals surface area contributed by atoms with Gasteiger partial charge in [-0.2, -0.15) is 0 Å². The van der Waals surface area contributed by atoms with E-state index >= 15 is 0 Å². The zero-order chi connectivity index (χ0) is 9.97. The fourth-order valence-electron chi connectivity index (χ4n) is 0.823. The van der Waals surface area contributed by atoms with Crippen molar-refractivity contribution < 1.29 is 4.79 Å². The molecule has 2 aromatic rings. The Labute approximate surface area is 92.6 Å². The highest BCUT2D eigenvalue weighted by molar-refractivity contribution is 7.18. The molecule has 0 radical (unpaired) electrons. The number of amides is 1. The second-order valence-electron chi connectivity index (χ2n) is 2.30. The van der Waals surface area contributed by atoms with E-state index in [0.717, 1.165) is 0 Å². The predicted octanol–water partition coefficient (Wildman–Crippen LogP) is 2.51. The molecule has 0 saturated carbocycles. The topological polar surface area (TPSA) is 54.9 Å². The fraction of sp³-hybridized carbons (Fsp3) is 0. The number of carbonyl (C=O) groups excluding carboxylic acids is 1. The lowest BCUT2D eigenvalue weighted by atomic mass is 10.4. The molecule has 1 amide bonds. The van der Waals surface area contributed by atoms with Crippen LogP contribution in [0.5, 0.6) is 0 Å². The molecule has 0 saturated heterocycles. The first-order valence-corrected chi connectivity index (χ1v) is 5.66. The molecule has 14 heavy (non-hydrogen) atoms. The van der Waals surface area contributed by atoms with E-state index in [9.17, 15) is 4.79 Å². The molecule has 0 aromatic carbocycles. The predicted molar refractivity (Wildman–Crippen MR) is 57.2 cm³/mol. The van der Waals surface area contributed by atoms with Gasteiger partial charge >= 0.3 is 0 Å². The van der Waals surface area contributed by atoms with Gasteiger partial charge in [0.15, 0.2) is 0 Å². The van der Waals surface area contributed by atoms with Crippen molar-refractivity contribution in [2.24, 2.45) is 0 Å². The summed E-state index contributed by atoms with van der Waals surface area (Å²) >= 11 is 8.20. The van der Waals surface area contributed by atoms with Crippen molar-refractivity contribution >= 4 is 45.3 Å². The van der Waals surface area contributed by atoms with Gasteiger partial charge in [-0.15, -0.1) is 21.5 Å². The average molecular weight is 246 g/mol.